The standard InChI is InChI=1S/2C10H12N2/c1-7(2)9-6-10-8(12-9)4-3-5-11-10;1-7(2)9-6-8-4-3-5-11-10(8)12-9/h2*3-5,7H,6H2,1-2H3. The molecule has 0 amide bonds. The number of aromatic nitrogens is 2. The van der Waals surface area contributed by atoms with Gasteiger partial charge >= 0.3 is 0 Å². The van der Waals surface area contributed by atoms with Crippen LogP contribution in [0.25, 0.3) is 0 Å². The van der Waals surface area contributed by atoms with Gasteiger partial charge in [-0.15, -0.1) is 0 Å². The van der Waals surface area contributed by atoms with E-state index in [1.165, 1.54) is 17.0 Å². The third kappa shape index (κ3) is 3.58. The second-order valence-electron chi connectivity index (χ2n) is 6.82. The fourth-order valence-corrected chi connectivity index (χ4v) is 2.74. The lowest BCUT2D eigenvalue weighted by Crippen LogP contribution is -2.06. The van der Waals surface area contributed by atoms with Gasteiger partial charge in [-0.1, -0.05) is 33.8 Å². The zero-order valence-electron chi connectivity index (χ0n) is 14.8. The van der Waals surface area contributed by atoms with E-state index in [0.717, 1.165) is 30.0 Å². The highest BCUT2D eigenvalue weighted by atomic mass is 14.9. The van der Waals surface area contributed by atoms with Crippen LogP contribution in [0.15, 0.2) is 46.6 Å². The molecule has 0 aromatic carbocycles. The molecule has 0 unspecified atom stereocenters. The van der Waals surface area contributed by atoms with Gasteiger partial charge in [-0.3, -0.25) is 9.98 Å². The second-order valence-corrected chi connectivity index (χ2v) is 6.82. The molecule has 2 aromatic rings. The first-order chi connectivity index (χ1) is 11.5. The molecule has 0 bridgehead atoms. The highest BCUT2D eigenvalue weighted by molar-refractivity contribution is 5.95. The average molecular weight is 320 g/mol. The van der Waals surface area contributed by atoms with E-state index in [9.17, 15) is 0 Å². The van der Waals surface area contributed by atoms with Gasteiger partial charge in [0, 0.05) is 42.2 Å². The summed E-state index contributed by atoms with van der Waals surface area (Å²) in [7, 11) is 0. The maximum absolute atomic E-state index is 4.51. The molecule has 24 heavy (non-hydrogen) atoms. The minimum atomic E-state index is 0.541. The molecule has 0 saturated carbocycles. The van der Waals surface area contributed by atoms with Gasteiger partial charge in [0.05, 0.1) is 11.4 Å². The largest absolute Gasteiger partial charge is 0.259 e. The highest BCUT2D eigenvalue weighted by Crippen LogP contribution is 2.26. The van der Waals surface area contributed by atoms with Crippen molar-refractivity contribution in [3.8, 4) is 0 Å². The van der Waals surface area contributed by atoms with Crippen LogP contribution in [0.1, 0.15) is 39.0 Å². The second kappa shape index (κ2) is 7.04. The van der Waals surface area contributed by atoms with E-state index in [2.05, 4.69) is 53.7 Å². The van der Waals surface area contributed by atoms with Crippen LogP contribution in [0.4, 0.5) is 11.5 Å². The molecule has 0 radical (unpaired) electrons. The summed E-state index contributed by atoms with van der Waals surface area (Å²) < 4.78 is 0. The Labute approximate surface area is 143 Å². The van der Waals surface area contributed by atoms with Gasteiger partial charge in [0.15, 0.2) is 5.82 Å². The molecule has 124 valence electrons. The number of aliphatic imine (C=N–C) groups is 2. The Morgan fingerprint density at radius 1 is 0.792 bits per heavy atom. The van der Waals surface area contributed by atoms with Gasteiger partial charge in [0.1, 0.15) is 0 Å². The Balaban J connectivity index is 0.000000141. The van der Waals surface area contributed by atoms with Crippen LogP contribution in [-0.4, -0.2) is 21.4 Å². The van der Waals surface area contributed by atoms with Gasteiger partial charge in [0.25, 0.3) is 0 Å². The van der Waals surface area contributed by atoms with E-state index in [-0.39, 0.29) is 0 Å². The molecule has 4 heteroatoms. The topological polar surface area (TPSA) is 50.5 Å². The van der Waals surface area contributed by atoms with Gasteiger partial charge in [-0.05, 0) is 30.0 Å². The molecule has 0 atom stereocenters. The zero-order valence-corrected chi connectivity index (χ0v) is 14.8. The lowest BCUT2D eigenvalue weighted by atomic mass is 10.0. The summed E-state index contributed by atoms with van der Waals surface area (Å²) in [6.07, 6.45) is 5.55. The van der Waals surface area contributed by atoms with Crippen molar-refractivity contribution in [2.75, 3.05) is 0 Å². The van der Waals surface area contributed by atoms with E-state index < -0.39 is 0 Å². The zero-order chi connectivity index (χ0) is 17.1. The maximum Gasteiger partial charge on any atom is 0.155 e. The Kier molecular flexibility index (Phi) is 4.84. The molecule has 0 saturated heterocycles. The number of fused-ring (bicyclic) bond motifs is 2. The van der Waals surface area contributed by atoms with Crippen molar-refractivity contribution in [3.05, 3.63) is 47.9 Å². The first-order valence-corrected chi connectivity index (χ1v) is 8.57. The fraction of sp³-hybridized carbons (Fsp3) is 0.400. The Morgan fingerprint density at radius 2 is 1.46 bits per heavy atom. The van der Waals surface area contributed by atoms with Crippen molar-refractivity contribution in [2.45, 2.75) is 40.5 Å². The smallest absolute Gasteiger partial charge is 0.155 e. The van der Waals surface area contributed by atoms with Crippen LogP contribution in [0.5, 0.6) is 0 Å². The molecule has 0 aliphatic carbocycles. The monoisotopic (exact) mass is 320 g/mol. The van der Waals surface area contributed by atoms with Crippen molar-refractivity contribution in [3.63, 3.8) is 0 Å². The normalized spacial score (nSPS) is 14.8. The third-order valence-electron chi connectivity index (χ3n) is 4.30. The van der Waals surface area contributed by atoms with Crippen molar-refractivity contribution in [2.24, 2.45) is 21.8 Å². The van der Waals surface area contributed by atoms with Gasteiger partial charge < -0.3 is 0 Å². The van der Waals surface area contributed by atoms with E-state index in [4.69, 9.17) is 0 Å². The average Bonchev–Trinajstić information content (AvgIpc) is 3.19. The van der Waals surface area contributed by atoms with Crippen LogP contribution in [0, 0.1) is 11.8 Å². The Bertz CT molecular complexity index is 720. The first-order valence-electron chi connectivity index (χ1n) is 8.57. The van der Waals surface area contributed by atoms with Crippen molar-refractivity contribution >= 4 is 22.9 Å². The number of hydrogen-bond acceptors (Lipinski definition) is 4. The summed E-state index contributed by atoms with van der Waals surface area (Å²) in [5, 5.41) is 0. The summed E-state index contributed by atoms with van der Waals surface area (Å²) in [6.45, 7) is 8.69. The van der Waals surface area contributed by atoms with Crippen LogP contribution in [0.3, 0.4) is 0 Å². The predicted molar refractivity (Wildman–Crippen MR) is 99.7 cm³/mol. The summed E-state index contributed by atoms with van der Waals surface area (Å²) in [5.41, 5.74) is 5.95. The first kappa shape index (κ1) is 16.5. The number of rotatable bonds is 2. The van der Waals surface area contributed by atoms with E-state index >= 15 is 0 Å². The molecule has 4 heterocycles. The Morgan fingerprint density at radius 3 is 2.12 bits per heavy atom. The SMILES string of the molecule is CC(C)C1=Nc2cccnc2C1.CC(C)C1=Nc2ncccc2C1. The quantitative estimate of drug-likeness (QED) is 0.803. The summed E-state index contributed by atoms with van der Waals surface area (Å²) in [5.74, 6) is 2.00. The molecule has 0 spiro atoms. The minimum absolute atomic E-state index is 0.541. The Hall–Kier alpha value is -2.36. The van der Waals surface area contributed by atoms with Crippen LogP contribution >= 0.6 is 0 Å². The van der Waals surface area contributed by atoms with Gasteiger partial charge in [-0.2, -0.15) is 0 Å². The molecule has 4 rings (SSSR count). The van der Waals surface area contributed by atoms with Gasteiger partial charge in [0.2, 0.25) is 0 Å². The van der Waals surface area contributed by atoms with E-state index in [1.807, 2.05) is 24.4 Å². The molecule has 0 fully saturated rings. The predicted octanol–water partition coefficient (Wildman–Crippen LogP) is 4.73. The molecular weight excluding hydrogens is 296 g/mol. The number of pyridine rings is 2. The highest BCUT2D eigenvalue weighted by Gasteiger charge is 2.17. The molecule has 2 aromatic heterocycles. The van der Waals surface area contributed by atoms with E-state index in [1.54, 1.807) is 6.20 Å². The maximum atomic E-state index is 4.51. The van der Waals surface area contributed by atoms with Crippen molar-refractivity contribution < 1.29 is 0 Å². The molecule has 0 N–H and O–H groups in total. The lowest BCUT2D eigenvalue weighted by molar-refractivity contribution is 0.868. The van der Waals surface area contributed by atoms with Crippen molar-refractivity contribution in [1.82, 2.24) is 9.97 Å². The van der Waals surface area contributed by atoms with Crippen molar-refractivity contribution in [1.29, 1.82) is 0 Å². The van der Waals surface area contributed by atoms with Crippen LogP contribution in [-0.2, 0) is 12.8 Å². The van der Waals surface area contributed by atoms with Gasteiger partial charge in [-0.25, -0.2) is 9.98 Å². The molecule has 4 nitrogen and oxygen atoms in total. The van der Waals surface area contributed by atoms with Crippen LogP contribution < -0.4 is 0 Å². The summed E-state index contributed by atoms with van der Waals surface area (Å²) in [4.78, 5) is 17.4. The van der Waals surface area contributed by atoms with Crippen LogP contribution in [0.2, 0.25) is 0 Å². The number of nitrogens with zero attached hydrogens (tertiary/aromatic N) is 4. The lowest BCUT2D eigenvalue weighted by Gasteiger charge is -2.01. The molecule has 2 aliphatic heterocycles. The molecule has 2 aliphatic rings. The number of hydrogen-bond donors (Lipinski definition) is 0. The fourth-order valence-electron chi connectivity index (χ4n) is 2.74. The van der Waals surface area contributed by atoms with E-state index in [0.29, 0.717) is 11.8 Å². The summed E-state index contributed by atoms with van der Waals surface area (Å²) in [6, 6.07) is 8.03. The summed E-state index contributed by atoms with van der Waals surface area (Å²) >= 11 is 0. The third-order valence-corrected chi connectivity index (χ3v) is 4.30. The molecular formula is C20H24N4. The minimum Gasteiger partial charge on any atom is -0.259 e.